The number of rotatable bonds is 6. The molecule has 1 saturated heterocycles. The van der Waals surface area contributed by atoms with Gasteiger partial charge in [-0.2, -0.15) is 0 Å². The number of pyridine rings is 1. The zero-order chi connectivity index (χ0) is 20.2. The summed E-state index contributed by atoms with van der Waals surface area (Å²) in [5, 5.41) is 3.10. The van der Waals surface area contributed by atoms with Gasteiger partial charge in [0.2, 0.25) is 5.88 Å². The molecule has 0 bridgehead atoms. The van der Waals surface area contributed by atoms with Crippen molar-refractivity contribution < 1.29 is 19.0 Å². The second kappa shape index (κ2) is 8.27. The highest BCUT2D eigenvalue weighted by atomic mass is 16.5. The summed E-state index contributed by atoms with van der Waals surface area (Å²) in [6.07, 6.45) is 2.45. The van der Waals surface area contributed by atoms with Crippen LogP contribution in [0.5, 0.6) is 11.6 Å². The molecule has 0 aliphatic carbocycles. The lowest BCUT2D eigenvalue weighted by Crippen LogP contribution is -2.27. The maximum atomic E-state index is 12.5. The van der Waals surface area contributed by atoms with Crippen LogP contribution in [0.15, 0.2) is 41.3 Å². The van der Waals surface area contributed by atoms with E-state index in [1.807, 2.05) is 0 Å². The van der Waals surface area contributed by atoms with E-state index in [0.29, 0.717) is 35.7 Å². The Morgan fingerprint density at radius 3 is 3.03 bits per heavy atom. The van der Waals surface area contributed by atoms with Crippen molar-refractivity contribution in [1.29, 1.82) is 0 Å². The molecule has 9 heteroatoms. The highest BCUT2D eigenvalue weighted by Gasteiger charge is 2.18. The van der Waals surface area contributed by atoms with E-state index in [9.17, 15) is 9.59 Å². The molecule has 0 spiro atoms. The number of carbonyl (C=O) groups excluding carboxylic acids is 1. The van der Waals surface area contributed by atoms with Gasteiger partial charge in [0.25, 0.3) is 11.5 Å². The standard InChI is InChI=1S/C20H20N4O5/c1-27-13-2-3-16-15(9-13)19(25)24-18(23-16)20(26)22-10-12-4-6-21-17(8-12)29-14-5-7-28-11-14/h2-4,6,8-9,14H,5,7,10-11H2,1H3,(H,22,26)(H,23,24,25). The van der Waals surface area contributed by atoms with Crippen LogP contribution in [0.3, 0.4) is 0 Å². The van der Waals surface area contributed by atoms with Gasteiger partial charge in [0, 0.05) is 25.2 Å². The van der Waals surface area contributed by atoms with Crippen molar-refractivity contribution in [3.05, 3.63) is 58.3 Å². The molecule has 3 heterocycles. The van der Waals surface area contributed by atoms with E-state index in [1.54, 1.807) is 36.5 Å². The fourth-order valence-corrected chi connectivity index (χ4v) is 3.02. The number of aromatic amines is 1. The van der Waals surface area contributed by atoms with Gasteiger partial charge in [-0.15, -0.1) is 0 Å². The third-order valence-electron chi connectivity index (χ3n) is 4.56. The van der Waals surface area contributed by atoms with E-state index in [1.165, 1.54) is 7.11 Å². The van der Waals surface area contributed by atoms with Gasteiger partial charge in [-0.1, -0.05) is 0 Å². The number of methoxy groups -OCH3 is 1. The molecule has 150 valence electrons. The average molecular weight is 396 g/mol. The minimum Gasteiger partial charge on any atom is -0.497 e. The monoisotopic (exact) mass is 396 g/mol. The molecular formula is C20H20N4O5. The summed E-state index contributed by atoms with van der Waals surface area (Å²) in [4.78, 5) is 35.7. The van der Waals surface area contributed by atoms with Gasteiger partial charge in [-0.25, -0.2) is 9.97 Å². The lowest BCUT2D eigenvalue weighted by Gasteiger charge is -2.12. The van der Waals surface area contributed by atoms with Crippen molar-refractivity contribution in [2.24, 2.45) is 0 Å². The molecule has 2 aromatic heterocycles. The number of carbonyl (C=O) groups is 1. The predicted octanol–water partition coefficient (Wildman–Crippen LogP) is 1.42. The van der Waals surface area contributed by atoms with Crippen molar-refractivity contribution in [2.75, 3.05) is 20.3 Å². The molecule has 1 amide bonds. The molecule has 1 fully saturated rings. The van der Waals surface area contributed by atoms with Crippen LogP contribution in [-0.4, -0.2) is 47.3 Å². The van der Waals surface area contributed by atoms with Gasteiger partial charge < -0.3 is 24.5 Å². The molecule has 29 heavy (non-hydrogen) atoms. The van der Waals surface area contributed by atoms with Gasteiger partial charge in [0.05, 0.1) is 31.2 Å². The van der Waals surface area contributed by atoms with Gasteiger partial charge >= 0.3 is 0 Å². The summed E-state index contributed by atoms with van der Waals surface area (Å²) in [7, 11) is 1.52. The van der Waals surface area contributed by atoms with Crippen molar-refractivity contribution in [1.82, 2.24) is 20.3 Å². The Hall–Kier alpha value is -3.46. The molecule has 1 aliphatic rings. The number of hydrogen-bond acceptors (Lipinski definition) is 7. The SMILES string of the molecule is COc1ccc2nc(C(=O)NCc3ccnc(OC4CCOC4)c3)[nH]c(=O)c2c1. The van der Waals surface area contributed by atoms with E-state index in [0.717, 1.165) is 12.0 Å². The van der Waals surface area contributed by atoms with Crippen LogP contribution in [0.2, 0.25) is 0 Å². The fourth-order valence-electron chi connectivity index (χ4n) is 3.02. The summed E-state index contributed by atoms with van der Waals surface area (Å²) in [6, 6.07) is 8.45. The van der Waals surface area contributed by atoms with Crippen molar-refractivity contribution in [2.45, 2.75) is 19.1 Å². The molecular weight excluding hydrogens is 376 g/mol. The number of H-pyrrole nitrogens is 1. The van der Waals surface area contributed by atoms with E-state index in [-0.39, 0.29) is 18.5 Å². The smallest absolute Gasteiger partial charge is 0.287 e. The number of hydrogen-bond donors (Lipinski definition) is 2. The molecule has 1 aliphatic heterocycles. The van der Waals surface area contributed by atoms with Crippen LogP contribution in [-0.2, 0) is 11.3 Å². The Balaban J connectivity index is 1.45. The molecule has 2 N–H and O–H groups in total. The normalized spacial score (nSPS) is 16.0. The van der Waals surface area contributed by atoms with Crippen molar-refractivity contribution in [3.8, 4) is 11.6 Å². The summed E-state index contributed by atoms with van der Waals surface area (Å²) in [5.74, 6) is 0.491. The van der Waals surface area contributed by atoms with Gasteiger partial charge in [-0.05, 0) is 29.8 Å². The number of nitrogens with zero attached hydrogens (tertiary/aromatic N) is 2. The average Bonchev–Trinajstić information content (AvgIpc) is 3.25. The van der Waals surface area contributed by atoms with Crippen LogP contribution in [0.25, 0.3) is 10.9 Å². The molecule has 0 radical (unpaired) electrons. The van der Waals surface area contributed by atoms with E-state index >= 15 is 0 Å². The molecule has 1 atom stereocenters. The minimum absolute atomic E-state index is 0.00200. The van der Waals surface area contributed by atoms with E-state index < -0.39 is 11.5 Å². The number of ether oxygens (including phenoxy) is 3. The van der Waals surface area contributed by atoms with Crippen LogP contribution < -0.4 is 20.3 Å². The number of nitrogens with one attached hydrogen (secondary N) is 2. The first-order valence-corrected chi connectivity index (χ1v) is 9.18. The van der Waals surface area contributed by atoms with E-state index in [2.05, 4.69) is 20.3 Å². The summed E-state index contributed by atoms with van der Waals surface area (Å²) >= 11 is 0. The maximum absolute atomic E-state index is 12.5. The van der Waals surface area contributed by atoms with Crippen LogP contribution in [0.4, 0.5) is 0 Å². The Morgan fingerprint density at radius 2 is 2.24 bits per heavy atom. The van der Waals surface area contributed by atoms with Gasteiger partial charge in [-0.3, -0.25) is 9.59 Å². The Morgan fingerprint density at radius 1 is 1.34 bits per heavy atom. The highest BCUT2D eigenvalue weighted by Crippen LogP contribution is 2.17. The van der Waals surface area contributed by atoms with Gasteiger partial charge in [0.15, 0.2) is 5.82 Å². The Bertz CT molecular complexity index is 1090. The van der Waals surface area contributed by atoms with Crippen molar-refractivity contribution >= 4 is 16.8 Å². The molecule has 4 rings (SSSR count). The first-order valence-electron chi connectivity index (χ1n) is 9.18. The minimum atomic E-state index is -0.483. The lowest BCUT2D eigenvalue weighted by molar-refractivity contribution is 0.0940. The van der Waals surface area contributed by atoms with Crippen molar-refractivity contribution in [3.63, 3.8) is 0 Å². The van der Waals surface area contributed by atoms with Crippen LogP contribution in [0.1, 0.15) is 22.6 Å². The maximum Gasteiger partial charge on any atom is 0.287 e. The molecule has 3 aromatic rings. The second-order valence-corrected chi connectivity index (χ2v) is 6.59. The first kappa shape index (κ1) is 18.9. The second-order valence-electron chi connectivity index (χ2n) is 6.59. The predicted molar refractivity (Wildman–Crippen MR) is 104 cm³/mol. The topological polar surface area (TPSA) is 115 Å². The zero-order valence-electron chi connectivity index (χ0n) is 15.8. The third-order valence-corrected chi connectivity index (χ3v) is 4.56. The highest BCUT2D eigenvalue weighted by molar-refractivity contribution is 5.92. The molecule has 1 aromatic carbocycles. The van der Waals surface area contributed by atoms with Crippen LogP contribution >= 0.6 is 0 Å². The molecule has 9 nitrogen and oxygen atoms in total. The molecule has 0 saturated carbocycles. The number of aromatic nitrogens is 3. The van der Waals surface area contributed by atoms with Gasteiger partial charge in [0.1, 0.15) is 11.9 Å². The number of fused-ring (bicyclic) bond motifs is 1. The van der Waals surface area contributed by atoms with E-state index in [4.69, 9.17) is 14.2 Å². The number of benzene rings is 1. The summed E-state index contributed by atoms with van der Waals surface area (Å²) in [5.41, 5.74) is 0.825. The number of amides is 1. The first-order chi connectivity index (χ1) is 14.1. The summed E-state index contributed by atoms with van der Waals surface area (Å²) in [6.45, 7) is 1.48. The quantitative estimate of drug-likeness (QED) is 0.647. The fraction of sp³-hybridized carbons (Fsp3) is 0.300. The Kier molecular flexibility index (Phi) is 5.39. The Labute approximate surface area is 166 Å². The largest absolute Gasteiger partial charge is 0.497 e. The molecule has 1 unspecified atom stereocenters. The lowest BCUT2D eigenvalue weighted by atomic mass is 10.2. The van der Waals surface area contributed by atoms with Crippen LogP contribution in [0, 0.1) is 0 Å². The zero-order valence-corrected chi connectivity index (χ0v) is 15.8. The third kappa shape index (κ3) is 4.35. The summed E-state index contributed by atoms with van der Waals surface area (Å²) < 4.78 is 16.2.